The van der Waals surface area contributed by atoms with Crippen molar-refractivity contribution in [1.82, 2.24) is 9.78 Å². The predicted octanol–water partition coefficient (Wildman–Crippen LogP) is 4.73. The number of aromatic nitrogens is 2. The van der Waals surface area contributed by atoms with E-state index in [2.05, 4.69) is 26.3 Å². The number of amides is 1. The van der Waals surface area contributed by atoms with Gasteiger partial charge >= 0.3 is 5.69 Å². The first-order valence-corrected chi connectivity index (χ1v) is 10.5. The monoisotopic (exact) mass is 444 g/mol. The molecule has 1 heterocycles. The van der Waals surface area contributed by atoms with Crippen LogP contribution in [0.1, 0.15) is 49.0 Å². The smallest absolute Gasteiger partial charge is 0.320 e. The van der Waals surface area contributed by atoms with E-state index in [4.69, 9.17) is 0 Å². The summed E-state index contributed by atoms with van der Waals surface area (Å²) in [6.45, 7) is 0. The van der Waals surface area contributed by atoms with E-state index in [1.165, 1.54) is 25.5 Å². The van der Waals surface area contributed by atoms with E-state index in [-0.39, 0.29) is 16.9 Å². The Morgan fingerprint density at radius 3 is 2.25 bits per heavy atom. The second-order valence-corrected chi connectivity index (χ2v) is 9.58. The number of nitro groups is 1. The highest BCUT2D eigenvalue weighted by molar-refractivity contribution is 9.10. The molecule has 1 N–H and O–H groups in total. The lowest BCUT2D eigenvalue weighted by atomic mass is 9.53. The van der Waals surface area contributed by atoms with E-state index < -0.39 is 10.8 Å². The van der Waals surface area contributed by atoms with Gasteiger partial charge in [-0.05, 0) is 80.5 Å². The Kier molecular flexibility index (Phi) is 4.08. The fraction of sp³-hybridized carbons (Fsp3) is 0.500. The number of hydrogen-bond donors (Lipinski definition) is 1. The highest BCUT2D eigenvalue weighted by atomic mass is 79.9. The topological polar surface area (TPSA) is 90.1 Å². The molecule has 7 nitrogen and oxygen atoms in total. The van der Waals surface area contributed by atoms with Gasteiger partial charge in [-0.3, -0.25) is 19.6 Å². The number of carbonyl (C=O) groups excluding carboxylic acids is 1. The molecule has 4 aliphatic carbocycles. The fourth-order valence-electron chi connectivity index (χ4n) is 5.97. The van der Waals surface area contributed by atoms with Gasteiger partial charge in [0.25, 0.3) is 5.91 Å². The summed E-state index contributed by atoms with van der Waals surface area (Å²) in [6.07, 6.45) is 8.38. The summed E-state index contributed by atoms with van der Waals surface area (Å²) < 4.78 is 2.66. The lowest BCUT2D eigenvalue weighted by Crippen LogP contribution is -2.52. The molecule has 146 valence electrons. The summed E-state index contributed by atoms with van der Waals surface area (Å²) in [5.74, 6) is 1.52. The Morgan fingerprint density at radius 2 is 1.71 bits per heavy atom. The van der Waals surface area contributed by atoms with Crippen LogP contribution >= 0.6 is 15.9 Å². The first-order valence-electron chi connectivity index (χ1n) is 9.73. The largest absolute Gasteiger partial charge is 0.320 e. The van der Waals surface area contributed by atoms with Gasteiger partial charge in [-0.15, -0.1) is 0 Å². The molecule has 8 heteroatoms. The zero-order valence-corrected chi connectivity index (χ0v) is 16.9. The molecular weight excluding hydrogens is 424 g/mol. The van der Waals surface area contributed by atoms with E-state index in [9.17, 15) is 14.9 Å². The summed E-state index contributed by atoms with van der Waals surface area (Å²) in [6, 6.07) is 7.09. The van der Waals surface area contributed by atoms with Crippen molar-refractivity contribution < 1.29 is 9.72 Å². The van der Waals surface area contributed by atoms with Crippen LogP contribution in [0.2, 0.25) is 0 Å². The van der Waals surface area contributed by atoms with Gasteiger partial charge in [0.2, 0.25) is 5.69 Å². The number of carbonyl (C=O) groups is 1. The zero-order valence-electron chi connectivity index (χ0n) is 15.3. The molecule has 0 atom stereocenters. The van der Waals surface area contributed by atoms with Crippen molar-refractivity contribution >= 4 is 33.2 Å². The minimum atomic E-state index is -0.544. The van der Waals surface area contributed by atoms with Crippen molar-refractivity contribution in [3.8, 4) is 0 Å². The lowest BCUT2D eigenvalue weighted by Gasteiger charge is -2.56. The number of anilines is 1. The average Bonchev–Trinajstić information content (AvgIpc) is 3.09. The van der Waals surface area contributed by atoms with Crippen LogP contribution in [0.5, 0.6) is 0 Å². The quantitative estimate of drug-likeness (QED) is 0.544. The van der Waals surface area contributed by atoms with Crippen LogP contribution in [-0.4, -0.2) is 20.6 Å². The highest BCUT2D eigenvalue weighted by Gasteiger charge is 2.53. The third-order valence-corrected chi connectivity index (χ3v) is 7.23. The maximum absolute atomic E-state index is 12.8. The van der Waals surface area contributed by atoms with Crippen LogP contribution in [0.4, 0.5) is 11.4 Å². The molecule has 4 fully saturated rings. The first kappa shape index (κ1) is 17.8. The van der Waals surface area contributed by atoms with E-state index in [1.807, 2.05) is 0 Å². The van der Waals surface area contributed by atoms with Crippen LogP contribution in [0.25, 0.3) is 0 Å². The van der Waals surface area contributed by atoms with Crippen LogP contribution in [0.15, 0.2) is 34.9 Å². The highest BCUT2D eigenvalue weighted by Crippen LogP contribution is 2.58. The Balaban J connectivity index is 1.47. The van der Waals surface area contributed by atoms with Gasteiger partial charge < -0.3 is 5.32 Å². The number of rotatable bonds is 4. The normalized spacial score (nSPS) is 30.4. The fourth-order valence-corrected chi connectivity index (χ4v) is 6.24. The first-order chi connectivity index (χ1) is 13.4. The molecule has 1 amide bonds. The molecular formula is C20H21BrN4O3. The molecule has 0 spiro atoms. The van der Waals surface area contributed by atoms with Crippen molar-refractivity contribution in [3.63, 3.8) is 0 Å². The van der Waals surface area contributed by atoms with Crippen molar-refractivity contribution in [2.45, 2.75) is 44.1 Å². The lowest BCUT2D eigenvalue weighted by molar-refractivity contribution is -0.385. The van der Waals surface area contributed by atoms with Gasteiger partial charge in [-0.25, -0.2) is 0 Å². The molecule has 4 saturated carbocycles. The van der Waals surface area contributed by atoms with Crippen molar-refractivity contribution in [2.75, 3.05) is 5.32 Å². The molecule has 0 saturated heterocycles. The predicted molar refractivity (Wildman–Crippen MR) is 107 cm³/mol. The summed E-state index contributed by atoms with van der Waals surface area (Å²) in [5, 5.41) is 18.8. The molecule has 2 aromatic rings. The molecule has 4 bridgehead atoms. The zero-order chi connectivity index (χ0) is 19.5. The van der Waals surface area contributed by atoms with Gasteiger partial charge in [0.1, 0.15) is 6.20 Å². The number of hydrogen-bond acceptors (Lipinski definition) is 4. The summed E-state index contributed by atoms with van der Waals surface area (Å²) >= 11 is 3.35. The Morgan fingerprint density at radius 1 is 1.14 bits per heavy atom. The maximum Gasteiger partial charge on any atom is 0.320 e. The minimum Gasteiger partial charge on any atom is -0.320 e. The Bertz CT molecular complexity index is 918. The van der Waals surface area contributed by atoms with Gasteiger partial charge in [0, 0.05) is 10.2 Å². The van der Waals surface area contributed by atoms with Crippen molar-refractivity contribution in [3.05, 3.63) is 50.7 Å². The number of halogens is 1. The molecule has 4 aliphatic rings. The van der Waals surface area contributed by atoms with Crippen LogP contribution < -0.4 is 5.32 Å². The molecule has 1 aromatic carbocycles. The van der Waals surface area contributed by atoms with E-state index >= 15 is 0 Å². The SMILES string of the molecule is O=C(Nc1ccc(Br)cc1)c1nn(C23CC4CC(CC(C4)C2)C3)cc1[N+](=O)[O-]. The minimum absolute atomic E-state index is 0.108. The van der Waals surface area contributed by atoms with Crippen LogP contribution in [-0.2, 0) is 5.54 Å². The van der Waals surface area contributed by atoms with Gasteiger partial charge in [0.05, 0.1) is 10.5 Å². The third-order valence-electron chi connectivity index (χ3n) is 6.70. The summed E-state index contributed by atoms with van der Waals surface area (Å²) in [7, 11) is 0. The van der Waals surface area contributed by atoms with Gasteiger partial charge in [-0.2, -0.15) is 5.10 Å². The van der Waals surface area contributed by atoms with Crippen LogP contribution in [0.3, 0.4) is 0 Å². The molecule has 28 heavy (non-hydrogen) atoms. The van der Waals surface area contributed by atoms with Gasteiger partial charge in [-0.1, -0.05) is 15.9 Å². The average molecular weight is 445 g/mol. The molecule has 0 radical (unpaired) electrons. The van der Waals surface area contributed by atoms with E-state index in [0.29, 0.717) is 23.4 Å². The second-order valence-electron chi connectivity index (χ2n) is 8.67. The number of nitrogens with zero attached hydrogens (tertiary/aromatic N) is 3. The summed E-state index contributed by atoms with van der Waals surface area (Å²) in [4.78, 5) is 23.9. The molecule has 1 aromatic heterocycles. The molecule has 0 aliphatic heterocycles. The molecule has 6 rings (SSSR count). The van der Waals surface area contributed by atoms with Crippen LogP contribution in [0, 0.1) is 27.9 Å². The Labute approximate surface area is 170 Å². The maximum atomic E-state index is 12.8. The number of benzene rings is 1. The van der Waals surface area contributed by atoms with E-state index in [0.717, 1.165) is 23.7 Å². The Hall–Kier alpha value is -2.22. The summed E-state index contributed by atoms with van der Waals surface area (Å²) in [5.41, 5.74) is 0.0937. The third kappa shape index (κ3) is 2.94. The van der Waals surface area contributed by atoms with Gasteiger partial charge in [0.15, 0.2) is 0 Å². The molecule has 0 unspecified atom stereocenters. The number of nitrogens with one attached hydrogen (secondary N) is 1. The second kappa shape index (κ2) is 6.40. The van der Waals surface area contributed by atoms with Crippen molar-refractivity contribution in [2.24, 2.45) is 17.8 Å². The standard InChI is InChI=1S/C20H21BrN4O3/c21-15-1-3-16(4-2-15)22-19(26)18-17(25(27)28)11-24(23-18)20-8-12-5-13(9-20)7-14(6-12)10-20/h1-4,11-14H,5-10H2,(H,22,26). The van der Waals surface area contributed by atoms with E-state index in [1.54, 1.807) is 28.9 Å². The van der Waals surface area contributed by atoms with Crippen molar-refractivity contribution in [1.29, 1.82) is 0 Å².